The summed E-state index contributed by atoms with van der Waals surface area (Å²) in [4.78, 5) is 11.2. The van der Waals surface area contributed by atoms with Gasteiger partial charge in [-0.3, -0.25) is 4.79 Å². The number of carbonyl (C=O) groups is 1. The van der Waals surface area contributed by atoms with Crippen LogP contribution in [0.15, 0.2) is 18.2 Å². The smallest absolute Gasteiger partial charge is 0.147 e. The Kier molecular flexibility index (Phi) is 4.53. The highest BCUT2D eigenvalue weighted by Crippen LogP contribution is 2.17. The van der Waals surface area contributed by atoms with Gasteiger partial charge in [-0.25, -0.2) is 0 Å². The van der Waals surface area contributed by atoms with E-state index in [0.717, 1.165) is 16.9 Å². The summed E-state index contributed by atoms with van der Waals surface area (Å²) in [7, 11) is 1.62. The van der Waals surface area contributed by atoms with Crippen LogP contribution in [0.1, 0.15) is 24.0 Å². The lowest BCUT2D eigenvalue weighted by Gasteiger charge is -2.05. The summed E-state index contributed by atoms with van der Waals surface area (Å²) in [6.45, 7) is 1.99. The van der Waals surface area contributed by atoms with Crippen LogP contribution in [0.2, 0.25) is 0 Å². The maximum Gasteiger partial charge on any atom is 0.147 e. The van der Waals surface area contributed by atoms with Crippen molar-refractivity contribution < 1.29 is 9.53 Å². The second kappa shape index (κ2) is 5.92. The molecule has 0 spiro atoms. The third-order valence-electron chi connectivity index (χ3n) is 2.32. The minimum Gasteiger partial charge on any atom is -0.497 e. The number of ketones is 1. The van der Waals surface area contributed by atoms with Gasteiger partial charge in [0.25, 0.3) is 0 Å². The minimum atomic E-state index is -0.0111. The SMILES string of the molecule is COc1cc(C)cc(CCC(=O)CC#N)c1. The zero-order valence-corrected chi connectivity index (χ0v) is 9.62. The Morgan fingerprint density at radius 3 is 2.81 bits per heavy atom. The van der Waals surface area contributed by atoms with Gasteiger partial charge in [0.15, 0.2) is 0 Å². The van der Waals surface area contributed by atoms with Crippen molar-refractivity contribution >= 4 is 5.78 Å². The normalized spacial score (nSPS) is 9.56. The first-order chi connectivity index (χ1) is 7.65. The van der Waals surface area contributed by atoms with Crippen LogP contribution in [-0.4, -0.2) is 12.9 Å². The molecule has 0 bridgehead atoms. The van der Waals surface area contributed by atoms with Crippen LogP contribution >= 0.6 is 0 Å². The van der Waals surface area contributed by atoms with E-state index in [1.807, 2.05) is 31.2 Å². The molecule has 0 heterocycles. The summed E-state index contributed by atoms with van der Waals surface area (Å²) in [5.74, 6) is 0.797. The molecule has 0 fully saturated rings. The van der Waals surface area contributed by atoms with Crippen molar-refractivity contribution in [1.29, 1.82) is 5.26 Å². The van der Waals surface area contributed by atoms with E-state index in [1.165, 1.54) is 0 Å². The molecular formula is C13H15NO2. The average molecular weight is 217 g/mol. The monoisotopic (exact) mass is 217 g/mol. The molecule has 0 aromatic heterocycles. The summed E-state index contributed by atoms with van der Waals surface area (Å²) < 4.78 is 5.15. The molecule has 0 saturated heterocycles. The van der Waals surface area contributed by atoms with Crippen molar-refractivity contribution in [2.45, 2.75) is 26.2 Å². The highest BCUT2D eigenvalue weighted by molar-refractivity contribution is 5.80. The van der Waals surface area contributed by atoms with Crippen LogP contribution in [-0.2, 0) is 11.2 Å². The molecule has 3 heteroatoms. The molecule has 3 nitrogen and oxygen atoms in total. The number of hydrogen-bond donors (Lipinski definition) is 0. The number of carbonyl (C=O) groups excluding carboxylic acids is 1. The number of rotatable bonds is 5. The molecule has 0 aliphatic rings. The Bertz CT molecular complexity index is 418. The van der Waals surface area contributed by atoms with Crippen LogP contribution in [0.3, 0.4) is 0 Å². The van der Waals surface area contributed by atoms with E-state index in [-0.39, 0.29) is 12.2 Å². The fourth-order valence-corrected chi connectivity index (χ4v) is 1.55. The summed E-state index contributed by atoms with van der Waals surface area (Å²) in [6.07, 6.45) is 1.08. The number of aryl methyl sites for hydroxylation is 2. The van der Waals surface area contributed by atoms with E-state index in [2.05, 4.69) is 0 Å². The molecule has 0 amide bonds. The summed E-state index contributed by atoms with van der Waals surface area (Å²) in [5, 5.41) is 8.37. The molecule has 0 radical (unpaired) electrons. The van der Waals surface area contributed by atoms with Crippen molar-refractivity contribution in [2.24, 2.45) is 0 Å². The van der Waals surface area contributed by atoms with Crippen molar-refractivity contribution in [3.05, 3.63) is 29.3 Å². The zero-order valence-electron chi connectivity index (χ0n) is 9.62. The van der Waals surface area contributed by atoms with Gasteiger partial charge in [0.05, 0.1) is 19.6 Å². The number of hydrogen-bond acceptors (Lipinski definition) is 3. The van der Waals surface area contributed by atoms with Gasteiger partial charge in [-0.1, -0.05) is 6.07 Å². The summed E-state index contributed by atoms with van der Waals surface area (Å²) in [6, 6.07) is 7.76. The van der Waals surface area contributed by atoms with Gasteiger partial charge < -0.3 is 4.74 Å². The fraction of sp³-hybridized carbons (Fsp3) is 0.385. The minimum absolute atomic E-state index is 0.00293. The number of benzene rings is 1. The number of nitrogens with zero attached hydrogens (tertiary/aromatic N) is 1. The Balaban J connectivity index is 2.64. The largest absolute Gasteiger partial charge is 0.497 e. The highest BCUT2D eigenvalue weighted by Gasteiger charge is 2.03. The van der Waals surface area contributed by atoms with Gasteiger partial charge in [0, 0.05) is 6.42 Å². The molecule has 0 atom stereocenters. The van der Waals surface area contributed by atoms with Gasteiger partial charge in [-0.2, -0.15) is 5.26 Å². The lowest BCUT2D eigenvalue weighted by Crippen LogP contribution is -1.99. The maximum absolute atomic E-state index is 11.2. The Morgan fingerprint density at radius 1 is 1.44 bits per heavy atom. The number of Topliss-reactive ketones (excluding diaryl/α,β-unsaturated/α-hetero) is 1. The van der Waals surface area contributed by atoms with Gasteiger partial charge in [-0.15, -0.1) is 0 Å². The second-order valence-electron chi connectivity index (χ2n) is 3.73. The lowest BCUT2D eigenvalue weighted by atomic mass is 10.0. The molecule has 1 aromatic rings. The van der Waals surface area contributed by atoms with Crippen molar-refractivity contribution in [3.8, 4) is 11.8 Å². The topological polar surface area (TPSA) is 50.1 Å². The first-order valence-corrected chi connectivity index (χ1v) is 5.19. The van der Waals surface area contributed by atoms with Gasteiger partial charge in [-0.05, 0) is 36.6 Å². The Labute approximate surface area is 95.7 Å². The molecule has 0 aliphatic heterocycles. The van der Waals surface area contributed by atoms with Crippen LogP contribution in [0.4, 0.5) is 0 Å². The molecule has 16 heavy (non-hydrogen) atoms. The van der Waals surface area contributed by atoms with Crippen molar-refractivity contribution in [2.75, 3.05) is 7.11 Å². The Hall–Kier alpha value is -1.82. The third-order valence-corrected chi connectivity index (χ3v) is 2.32. The molecule has 0 aliphatic carbocycles. The van der Waals surface area contributed by atoms with Crippen LogP contribution in [0.5, 0.6) is 5.75 Å². The van der Waals surface area contributed by atoms with Crippen molar-refractivity contribution in [3.63, 3.8) is 0 Å². The summed E-state index contributed by atoms with van der Waals surface area (Å²) >= 11 is 0. The predicted molar refractivity (Wildman–Crippen MR) is 61.3 cm³/mol. The first-order valence-electron chi connectivity index (χ1n) is 5.19. The van der Waals surface area contributed by atoms with Gasteiger partial charge >= 0.3 is 0 Å². The third kappa shape index (κ3) is 3.74. The molecule has 1 aromatic carbocycles. The van der Waals surface area contributed by atoms with E-state index in [4.69, 9.17) is 10.00 Å². The average Bonchev–Trinajstić information content (AvgIpc) is 2.26. The molecule has 0 N–H and O–H groups in total. The fourth-order valence-electron chi connectivity index (χ4n) is 1.55. The van der Waals surface area contributed by atoms with Crippen molar-refractivity contribution in [1.82, 2.24) is 0 Å². The highest BCUT2D eigenvalue weighted by atomic mass is 16.5. The number of methoxy groups -OCH3 is 1. The standard InChI is InChI=1S/C13H15NO2/c1-10-7-11(9-13(8-10)16-2)3-4-12(15)5-6-14/h7-9H,3-5H2,1-2H3. The molecule has 0 unspecified atom stereocenters. The lowest BCUT2D eigenvalue weighted by molar-refractivity contribution is -0.118. The molecular weight excluding hydrogens is 202 g/mol. The van der Waals surface area contributed by atoms with Crippen LogP contribution in [0, 0.1) is 18.3 Å². The van der Waals surface area contributed by atoms with E-state index in [9.17, 15) is 4.79 Å². The van der Waals surface area contributed by atoms with E-state index in [0.29, 0.717) is 12.8 Å². The van der Waals surface area contributed by atoms with E-state index < -0.39 is 0 Å². The number of nitriles is 1. The molecule has 1 rings (SSSR count). The molecule has 0 saturated carbocycles. The molecule has 84 valence electrons. The second-order valence-corrected chi connectivity index (χ2v) is 3.73. The predicted octanol–water partition coefficient (Wildman–Crippen LogP) is 2.42. The van der Waals surface area contributed by atoms with E-state index in [1.54, 1.807) is 7.11 Å². The van der Waals surface area contributed by atoms with Gasteiger partial charge in [0.1, 0.15) is 11.5 Å². The first kappa shape index (κ1) is 12.3. The quantitative estimate of drug-likeness (QED) is 0.761. The van der Waals surface area contributed by atoms with Crippen LogP contribution < -0.4 is 4.74 Å². The maximum atomic E-state index is 11.2. The van der Waals surface area contributed by atoms with Gasteiger partial charge in [0.2, 0.25) is 0 Å². The number of ether oxygens (including phenoxy) is 1. The summed E-state index contributed by atoms with van der Waals surface area (Å²) in [5.41, 5.74) is 2.19. The van der Waals surface area contributed by atoms with Crippen LogP contribution in [0.25, 0.3) is 0 Å². The zero-order chi connectivity index (χ0) is 12.0. The van der Waals surface area contributed by atoms with E-state index >= 15 is 0 Å². The Morgan fingerprint density at radius 2 is 2.19 bits per heavy atom.